The van der Waals surface area contributed by atoms with Crippen LogP contribution < -0.4 is 0 Å². The van der Waals surface area contributed by atoms with Crippen LogP contribution in [0.2, 0.25) is 0 Å². The van der Waals surface area contributed by atoms with Crippen LogP contribution in [0.5, 0.6) is 0 Å². The lowest BCUT2D eigenvalue weighted by atomic mass is 10.2. The standard InChI is InChI=1S/C14H19N3O2/c1-2-8-17(9-10-18)11-13-15-14(16-19-13)12-6-4-3-5-7-12/h3-7,18H,2,8-11H2,1H3. The molecular formula is C14H19N3O2. The fourth-order valence-electron chi connectivity index (χ4n) is 1.94. The number of aliphatic hydroxyl groups is 1. The number of hydrogen-bond acceptors (Lipinski definition) is 5. The average molecular weight is 261 g/mol. The van der Waals surface area contributed by atoms with Gasteiger partial charge in [-0.25, -0.2) is 0 Å². The molecule has 0 radical (unpaired) electrons. The van der Waals surface area contributed by atoms with E-state index in [2.05, 4.69) is 22.0 Å². The number of nitrogens with zero attached hydrogens (tertiary/aromatic N) is 3. The molecule has 19 heavy (non-hydrogen) atoms. The van der Waals surface area contributed by atoms with Gasteiger partial charge < -0.3 is 9.63 Å². The summed E-state index contributed by atoms with van der Waals surface area (Å²) in [5.74, 6) is 1.19. The van der Waals surface area contributed by atoms with Gasteiger partial charge in [-0.05, 0) is 13.0 Å². The summed E-state index contributed by atoms with van der Waals surface area (Å²) in [4.78, 5) is 6.48. The molecule has 1 aromatic carbocycles. The molecule has 5 heteroatoms. The highest BCUT2D eigenvalue weighted by Gasteiger charge is 2.12. The lowest BCUT2D eigenvalue weighted by Crippen LogP contribution is -2.27. The van der Waals surface area contributed by atoms with Crippen molar-refractivity contribution in [1.29, 1.82) is 0 Å². The first-order valence-electron chi connectivity index (χ1n) is 6.54. The van der Waals surface area contributed by atoms with E-state index in [0.29, 0.717) is 24.8 Å². The van der Waals surface area contributed by atoms with Gasteiger partial charge in [0.2, 0.25) is 11.7 Å². The van der Waals surface area contributed by atoms with E-state index < -0.39 is 0 Å². The van der Waals surface area contributed by atoms with E-state index in [9.17, 15) is 0 Å². The Morgan fingerprint density at radius 3 is 2.68 bits per heavy atom. The molecule has 0 bridgehead atoms. The molecule has 102 valence electrons. The molecular weight excluding hydrogens is 242 g/mol. The summed E-state index contributed by atoms with van der Waals surface area (Å²) in [5.41, 5.74) is 0.946. The van der Waals surface area contributed by atoms with Gasteiger partial charge in [0.15, 0.2) is 0 Å². The van der Waals surface area contributed by atoms with Crippen LogP contribution >= 0.6 is 0 Å². The van der Waals surface area contributed by atoms with Crippen molar-refractivity contribution < 1.29 is 9.63 Å². The van der Waals surface area contributed by atoms with Gasteiger partial charge >= 0.3 is 0 Å². The Kier molecular flexibility index (Phi) is 5.06. The van der Waals surface area contributed by atoms with Crippen molar-refractivity contribution in [3.63, 3.8) is 0 Å². The Hall–Kier alpha value is -1.72. The highest BCUT2D eigenvalue weighted by molar-refractivity contribution is 5.53. The Labute approximate surface area is 112 Å². The summed E-state index contributed by atoms with van der Waals surface area (Å²) >= 11 is 0. The molecule has 0 saturated heterocycles. The third-order valence-electron chi connectivity index (χ3n) is 2.82. The first-order chi connectivity index (χ1) is 9.33. The minimum absolute atomic E-state index is 0.139. The Morgan fingerprint density at radius 2 is 2.00 bits per heavy atom. The molecule has 1 aromatic heterocycles. The second kappa shape index (κ2) is 7.01. The Bertz CT molecular complexity index is 478. The molecule has 2 aromatic rings. The van der Waals surface area contributed by atoms with Crippen molar-refractivity contribution >= 4 is 0 Å². The zero-order valence-corrected chi connectivity index (χ0v) is 11.1. The van der Waals surface area contributed by atoms with Crippen LogP contribution in [0.25, 0.3) is 11.4 Å². The fourth-order valence-corrected chi connectivity index (χ4v) is 1.94. The van der Waals surface area contributed by atoms with E-state index >= 15 is 0 Å². The molecule has 0 aliphatic heterocycles. The lowest BCUT2D eigenvalue weighted by molar-refractivity contribution is 0.174. The summed E-state index contributed by atoms with van der Waals surface area (Å²) in [6.07, 6.45) is 1.03. The van der Waals surface area contributed by atoms with Gasteiger partial charge in [0, 0.05) is 12.1 Å². The van der Waals surface area contributed by atoms with Crippen molar-refractivity contribution in [3.05, 3.63) is 36.2 Å². The van der Waals surface area contributed by atoms with Gasteiger partial charge in [0.25, 0.3) is 0 Å². The van der Waals surface area contributed by atoms with Gasteiger partial charge in [-0.1, -0.05) is 42.4 Å². The summed E-state index contributed by atoms with van der Waals surface area (Å²) in [6, 6.07) is 9.74. The SMILES string of the molecule is CCCN(CCO)Cc1nc(-c2ccccc2)no1. The molecule has 2 rings (SSSR count). The molecule has 5 nitrogen and oxygen atoms in total. The molecule has 0 saturated carbocycles. The number of aromatic nitrogens is 2. The molecule has 0 aliphatic rings. The third-order valence-corrected chi connectivity index (χ3v) is 2.82. The number of benzene rings is 1. The van der Waals surface area contributed by atoms with E-state index in [0.717, 1.165) is 18.5 Å². The lowest BCUT2D eigenvalue weighted by Gasteiger charge is -2.17. The summed E-state index contributed by atoms with van der Waals surface area (Å²) in [6.45, 7) is 4.35. The van der Waals surface area contributed by atoms with Gasteiger partial charge in [-0.2, -0.15) is 4.98 Å². The topological polar surface area (TPSA) is 62.4 Å². The van der Waals surface area contributed by atoms with E-state index in [-0.39, 0.29) is 6.61 Å². The molecule has 1 heterocycles. The first kappa shape index (κ1) is 13.7. The number of rotatable bonds is 7. The largest absolute Gasteiger partial charge is 0.395 e. The van der Waals surface area contributed by atoms with Crippen LogP contribution in [0.3, 0.4) is 0 Å². The van der Waals surface area contributed by atoms with Crippen molar-refractivity contribution in [2.24, 2.45) is 0 Å². The molecule has 0 spiro atoms. The Balaban J connectivity index is 2.04. The maximum absolute atomic E-state index is 9.02. The Morgan fingerprint density at radius 1 is 1.21 bits per heavy atom. The molecule has 1 N–H and O–H groups in total. The maximum Gasteiger partial charge on any atom is 0.241 e. The molecule has 0 atom stereocenters. The van der Waals surface area contributed by atoms with Crippen LogP contribution in [0.1, 0.15) is 19.2 Å². The van der Waals surface area contributed by atoms with Gasteiger partial charge in [0.1, 0.15) is 0 Å². The number of hydrogen-bond donors (Lipinski definition) is 1. The van der Waals surface area contributed by atoms with Crippen LogP contribution in [-0.2, 0) is 6.54 Å². The normalized spacial score (nSPS) is 11.1. The van der Waals surface area contributed by atoms with Gasteiger partial charge in [-0.3, -0.25) is 4.90 Å². The second-order valence-electron chi connectivity index (χ2n) is 4.38. The van der Waals surface area contributed by atoms with E-state index in [4.69, 9.17) is 9.63 Å². The molecule has 0 unspecified atom stereocenters. The predicted molar refractivity (Wildman–Crippen MR) is 72.4 cm³/mol. The summed E-state index contributed by atoms with van der Waals surface area (Å²) < 4.78 is 5.26. The highest BCUT2D eigenvalue weighted by atomic mass is 16.5. The summed E-state index contributed by atoms with van der Waals surface area (Å²) in [7, 11) is 0. The molecule has 0 amide bonds. The van der Waals surface area contributed by atoms with Crippen molar-refractivity contribution in [2.75, 3.05) is 19.7 Å². The maximum atomic E-state index is 9.02. The molecule has 0 fully saturated rings. The minimum atomic E-state index is 0.139. The quantitative estimate of drug-likeness (QED) is 0.825. The smallest absolute Gasteiger partial charge is 0.241 e. The van der Waals surface area contributed by atoms with Crippen LogP contribution in [-0.4, -0.2) is 39.8 Å². The fraction of sp³-hybridized carbons (Fsp3) is 0.429. The van der Waals surface area contributed by atoms with Crippen LogP contribution in [0.15, 0.2) is 34.9 Å². The van der Waals surface area contributed by atoms with Crippen LogP contribution in [0.4, 0.5) is 0 Å². The van der Waals surface area contributed by atoms with Crippen molar-refractivity contribution in [1.82, 2.24) is 15.0 Å². The second-order valence-corrected chi connectivity index (χ2v) is 4.38. The number of aliphatic hydroxyl groups excluding tert-OH is 1. The van der Waals surface area contributed by atoms with Crippen molar-refractivity contribution in [2.45, 2.75) is 19.9 Å². The predicted octanol–water partition coefficient (Wildman–Crippen LogP) is 1.94. The highest BCUT2D eigenvalue weighted by Crippen LogP contribution is 2.15. The summed E-state index contributed by atoms with van der Waals surface area (Å²) in [5, 5.41) is 13.0. The van der Waals surface area contributed by atoms with Gasteiger partial charge in [0.05, 0.1) is 13.2 Å². The zero-order chi connectivity index (χ0) is 13.5. The average Bonchev–Trinajstić information content (AvgIpc) is 2.89. The molecule has 0 aliphatic carbocycles. The monoisotopic (exact) mass is 261 g/mol. The van der Waals surface area contributed by atoms with E-state index in [1.807, 2.05) is 30.3 Å². The van der Waals surface area contributed by atoms with E-state index in [1.165, 1.54) is 0 Å². The van der Waals surface area contributed by atoms with Crippen LogP contribution in [0, 0.1) is 0 Å². The van der Waals surface area contributed by atoms with Gasteiger partial charge in [-0.15, -0.1) is 0 Å². The third kappa shape index (κ3) is 3.87. The minimum Gasteiger partial charge on any atom is -0.395 e. The zero-order valence-electron chi connectivity index (χ0n) is 11.1. The van der Waals surface area contributed by atoms with E-state index in [1.54, 1.807) is 0 Å². The first-order valence-corrected chi connectivity index (χ1v) is 6.54. The van der Waals surface area contributed by atoms with Crippen molar-refractivity contribution in [3.8, 4) is 11.4 Å².